The summed E-state index contributed by atoms with van der Waals surface area (Å²) in [6.45, 7) is 5.50. The lowest BCUT2D eigenvalue weighted by atomic mass is 10.0. The highest BCUT2D eigenvalue weighted by Crippen LogP contribution is 2.17. The summed E-state index contributed by atoms with van der Waals surface area (Å²) in [5.74, 6) is 0.111. The molecular weight excluding hydrogens is 412 g/mol. The zero-order valence-corrected chi connectivity index (χ0v) is 19.9. The summed E-state index contributed by atoms with van der Waals surface area (Å²) < 4.78 is 0. The van der Waals surface area contributed by atoms with Gasteiger partial charge in [-0.1, -0.05) is 68.0 Å². The molecule has 0 saturated heterocycles. The molecule has 5 heteroatoms. The summed E-state index contributed by atoms with van der Waals surface area (Å²) in [6, 6.07) is 14.1. The average Bonchev–Trinajstić information content (AvgIpc) is 2.86. The number of phenols is 1. The third kappa shape index (κ3) is 9.24. The molecule has 2 aromatic rings. The van der Waals surface area contributed by atoms with Crippen molar-refractivity contribution in [3.8, 4) is 5.75 Å². The molecule has 5 nitrogen and oxygen atoms in total. The van der Waals surface area contributed by atoms with E-state index in [0.717, 1.165) is 43.2 Å². The van der Waals surface area contributed by atoms with E-state index in [2.05, 4.69) is 28.9 Å². The van der Waals surface area contributed by atoms with Crippen LogP contribution in [0.5, 0.6) is 5.75 Å². The maximum Gasteiger partial charge on any atom is 0.251 e. The first-order chi connectivity index (χ1) is 16.1. The molecule has 0 bridgehead atoms. The van der Waals surface area contributed by atoms with Crippen LogP contribution in [0.25, 0.3) is 0 Å². The van der Waals surface area contributed by atoms with E-state index in [1.807, 2.05) is 38.1 Å². The van der Waals surface area contributed by atoms with Gasteiger partial charge in [0.2, 0.25) is 0 Å². The molecule has 2 aromatic carbocycles. The van der Waals surface area contributed by atoms with E-state index in [1.165, 1.54) is 5.57 Å². The molecule has 1 amide bonds. The molecule has 1 unspecified atom stereocenters. The maximum absolute atomic E-state index is 12.6. The predicted octanol–water partition coefficient (Wildman–Crippen LogP) is 5.42. The molecule has 1 aliphatic carbocycles. The van der Waals surface area contributed by atoms with E-state index in [1.54, 1.807) is 24.3 Å². The molecule has 0 fully saturated rings. The summed E-state index contributed by atoms with van der Waals surface area (Å²) >= 11 is 0. The Morgan fingerprint density at radius 2 is 1.79 bits per heavy atom. The van der Waals surface area contributed by atoms with Gasteiger partial charge in [0.15, 0.2) is 0 Å². The number of carbonyl (C=O) groups excluding carboxylic acids is 1. The Bertz CT molecular complexity index is 904. The summed E-state index contributed by atoms with van der Waals surface area (Å²) in [7, 11) is 0. The van der Waals surface area contributed by atoms with Gasteiger partial charge < -0.3 is 20.8 Å². The standard InChI is InChI=1S/C26H32N2O3.C2H6/c29-23-15-13-21(14-16-23)25(30)19-27-18-22-11-4-5-12-24(22)26(31)28-17-7-6-10-20-8-2-1-3-9-20;1-2/h2,4-5,8-9,11-16,25,27,29-30H,1,3,6-7,10,17-19H2,(H,28,31);1-2H3. The van der Waals surface area contributed by atoms with E-state index in [9.17, 15) is 15.0 Å². The molecule has 0 heterocycles. The van der Waals surface area contributed by atoms with Gasteiger partial charge in [-0.3, -0.25) is 4.79 Å². The lowest BCUT2D eigenvalue weighted by molar-refractivity contribution is 0.0952. The summed E-state index contributed by atoms with van der Waals surface area (Å²) in [5, 5.41) is 25.9. The summed E-state index contributed by atoms with van der Waals surface area (Å²) in [4.78, 5) is 12.6. The number of aliphatic hydroxyl groups excluding tert-OH is 1. The second kappa shape index (κ2) is 15.0. The van der Waals surface area contributed by atoms with E-state index in [-0.39, 0.29) is 11.7 Å². The average molecular weight is 451 g/mol. The molecule has 33 heavy (non-hydrogen) atoms. The van der Waals surface area contributed by atoms with E-state index >= 15 is 0 Å². The number of unbranched alkanes of at least 4 members (excludes halogenated alkanes) is 1. The zero-order chi connectivity index (χ0) is 23.9. The molecule has 0 saturated carbocycles. The smallest absolute Gasteiger partial charge is 0.251 e. The molecule has 0 aromatic heterocycles. The Hall–Kier alpha value is -2.89. The van der Waals surface area contributed by atoms with Gasteiger partial charge in [-0.15, -0.1) is 0 Å². The number of benzene rings is 2. The van der Waals surface area contributed by atoms with Crippen LogP contribution >= 0.6 is 0 Å². The number of amides is 1. The molecule has 0 spiro atoms. The Labute approximate surface area is 198 Å². The highest BCUT2D eigenvalue weighted by atomic mass is 16.3. The Kier molecular flexibility index (Phi) is 12.0. The van der Waals surface area contributed by atoms with Crippen LogP contribution in [0.2, 0.25) is 0 Å². The number of rotatable bonds is 11. The van der Waals surface area contributed by atoms with E-state index in [0.29, 0.717) is 25.2 Å². The fourth-order valence-corrected chi connectivity index (χ4v) is 3.66. The van der Waals surface area contributed by atoms with Crippen molar-refractivity contribution in [2.24, 2.45) is 0 Å². The number of phenolic OH excluding ortho intramolecular Hbond substituents is 1. The minimum atomic E-state index is -0.685. The quantitative estimate of drug-likeness (QED) is 0.345. The Morgan fingerprint density at radius 1 is 1.03 bits per heavy atom. The van der Waals surface area contributed by atoms with Crippen molar-refractivity contribution in [1.82, 2.24) is 10.6 Å². The van der Waals surface area contributed by atoms with Crippen molar-refractivity contribution in [2.45, 2.75) is 58.6 Å². The van der Waals surface area contributed by atoms with Crippen molar-refractivity contribution >= 4 is 5.91 Å². The van der Waals surface area contributed by atoms with Crippen LogP contribution < -0.4 is 10.6 Å². The first-order valence-electron chi connectivity index (χ1n) is 12.0. The normalized spacial score (nSPS) is 13.5. The largest absolute Gasteiger partial charge is 0.508 e. The van der Waals surface area contributed by atoms with Crippen LogP contribution in [0.1, 0.15) is 73.5 Å². The van der Waals surface area contributed by atoms with Crippen LogP contribution in [-0.2, 0) is 6.54 Å². The molecule has 3 rings (SSSR count). The SMILES string of the molecule is CC.O=C(NCCCCC1=CCCC=C1)c1ccccc1CNCC(O)c1ccc(O)cc1. The molecule has 1 atom stereocenters. The van der Waals surface area contributed by atoms with Gasteiger partial charge in [-0.25, -0.2) is 0 Å². The van der Waals surface area contributed by atoms with Gasteiger partial charge in [-0.05, 0) is 61.4 Å². The molecule has 0 aliphatic heterocycles. The lowest BCUT2D eigenvalue weighted by Gasteiger charge is -2.14. The maximum atomic E-state index is 12.6. The minimum Gasteiger partial charge on any atom is -0.508 e. The second-order valence-corrected chi connectivity index (χ2v) is 7.87. The number of aromatic hydroxyl groups is 1. The number of hydrogen-bond acceptors (Lipinski definition) is 4. The lowest BCUT2D eigenvalue weighted by Crippen LogP contribution is -2.27. The highest BCUT2D eigenvalue weighted by Gasteiger charge is 2.12. The fourth-order valence-electron chi connectivity index (χ4n) is 3.66. The van der Waals surface area contributed by atoms with Crippen LogP contribution in [0.3, 0.4) is 0 Å². The first kappa shape index (κ1) is 26.4. The third-order valence-corrected chi connectivity index (χ3v) is 5.44. The summed E-state index contributed by atoms with van der Waals surface area (Å²) in [6.07, 6.45) is 11.4. The van der Waals surface area contributed by atoms with Crippen molar-refractivity contribution in [3.63, 3.8) is 0 Å². The monoisotopic (exact) mass is 450 g/mol. The van der Waals surface area contributed by atoms with Crippen molar-refractivity contribution in [1.29, 1.82) is 0 Å². The van der Waals surface area contributed by atoms with E-state index < -0.39 is 6.10 Å². The number of nitrogens with one attached hydrogen (secondary N) is 2. The van der Waals surface area contributed by atoms with Gasteiger partial charge >= 0.3 is 0 Å². The molecular formula is C28H38N2O3. The van der Waals surface area contributed by atoms with Crippen LogP contribution in [0.15, 0.2) is 72.3 Å². The zero-order valence-electron chi connectivity index (χ0n) is 19.9. The number of allylic oxidation sites excluding steroid dienone is 4. The van der Waals surface area contributed by atoms with Crippen LogP contribution in [0, 0.1) is 0 Å². The Balaban J connectivity index is 0.00000187. The molecule has 1 aliphatic rings. The van der Waals surface area contributed by atoms with Gasteiger partial charge in [0.1, 0.15) is 5.75 Å². The number of aliphatic hydroxyl groups is 1. The molecule has 178 valence electrons. The molecule has 4 N–H and O–H groups in total. The first-order valence-corrected chi connectivity index (χ1v) is 12.0. The fraction of sp³-hybridized carbons (Fsp3) is 0.393. The van der Waals surface area contributed by atoms with Gasteiger partial charge in [-0.2, -0.15) is 0 Å². The van der Waals surface area contributed by atoms with E-state index in [4.69, 9.17) is 0 Å². The predicted molar refractivity (Wildman–Crippen MR) is 135 cm³/mol. The van der Waals surface area contributed by atoms with Crippen molar-refractivity contribution in [3.05, 3.63) is 89.0 Å². The van der Waals surface area contributed by atoms with Gasteiger partial charge in [0.05, 0.1) is 6.10 Å². The second-order valence-electron chi connectivity index (χ2n) is 7.87. The van der Waals surface area contributed by atoms with Crippen LogP contribution in [-0.4, -0.2) is 29.2 Å². The topological polar surface area (TPSA) is 81.6 Å². The van der Waals surface area contributed by atoms with Gasteiger partial charge in [0.25, 0.3) is 5.91 Å². The Morgan fingerprint density at radius 3 is 2.52 bits per heavy atom. The molecule has 0 radical (unpaired) electrons. The minimum absolute atomic E-state index is 0.0618. The van der Waals surface area contributed by atoms with Crippen molar-refractivity contribution in [2.75, 3.05) is 13.1 Å². The third-order valence-electron chi connectivity index (χ3n) is 5.44. The van der Waals surface area contributed by atoms with Crippen LogP contribution in [0.4, 0.5) is 0 Å². The number of hydrogen-bond donors (Lipinski definition) is 4. The van der Waals surface area contributed by atoms with Crippen molar-refractivity contribution < 1.29 is 15.0 Å². The number of carbonyl (C=O) groups is 1. The summed E-state index contributed by atoms with van der Waals surface area (Å²) in [5.41, 5.74) is 3.70. The van der Waals surface area contributed by atoms with Gasteiger partial charge in [0, 0.05) is 25.2 Å². The highest BCUT2D eigenvalue weighted by molar-refractivity contribution is 5.95.